The number of ether oxygens (including phenoxy) is 2. The summed E-state index contributed by atoms with van der Waals surface area (Å²) in [5, 5.41) is 2.54. The molecule has 0 unspecified atom stereocenters. The van der Waals surface area contributed by atoms with Crippen molar-refractivity contribution in [1.29, 1.82) is 0 Å². The Morgan fingerprint density at radius 2 is 1.40 bits per heavy atom. The summed E-state index contributed by atoms with van der Waals surface area (Å²) in [6.07, 6.45) is -4.66. The molecule has 1 amide bonds. The summed E-state index contributed by atoms with van der Waals surface area (Å²) < 4.78 is 106. The van der Waals surface area contributed by atoms with Crippen LogP contribution in [0.3, 0.4) is 0 Å². The highest BCUT2D eigenvalue weighted by Gasteiger charge is 2.31. The Bertz CT molecular complexity index is 1900. The van der Waals surface area contributed by atoms with E-state index in [1.165, 1.54) is 50.6 Å². The van der Waals surface area contributed by atoms with E-state index in [4.69, 9.17) is 9.47 Å². The number of hydrogen-bond donors (Lipinski definition) is 2. The van der Waals surface area contributed by atoms with Gasteiger partial charge in [0.25, 0.3) is 20.0 Å². The normalized spacial score (nSPS) is 11.9. The average Bonchev–Trinajstić information content (AvgIpc) is 2.99. The molecule has 0 spiro atoms. The Morgan fingerprint density at radius 3 is 2.00 bits per heavy atom. The molecule has 0 saturated carbocycles. The highest BCUT2D eigenvalue weighted by Crippen LogP contribution is 2.33. The molecule has 4 rings (SSSR count). The van der Waals surface area contributed by atoms with Crippen molar-refractivity contribution < 1.29 is 44.3 Å². The van der Waals surface area contributed by atoms with Gasteiger partial charge in [-0.2, -0.15) is 13.2 Å². The number of carbonyl (C=O) groups excluding carboxylic acids is 1. The monoisotopic (exact) mass is 663 g/mol. The summed E-state index contributed by atoms with van der Waals surface area (Å²) in [5.74, 6) is -0.256. The second-order valence-corrected chi connectivity index (χ2v) is 13.2. The minimum absolute atomic E-state index is 0.144. The van der Waals surface area contributed by atoms with Crippen LogP contribution >= 0.6 is 0 Å². The number of halogens is 3. The van der Waals surface area contributed by atoms with Gasteiger partial charge in [0.1, 0.15) is 6.54 Å². The quantitative estimate of drug-likeness (QED) is 0.212. The molecule has 0 radical (unpaired) electrons. The number of aryl methyl sites for hydroxylation is 1. The number of nitrogens with zero attached hydrogens (tertiary/aromatic N) is 1. The lowest BCUT2D eigenvalue weighted by molar-refractivity contribution is -0.137. The molecule has 15 heteroatoms. The van der Waals surface area contributed by atoms with Crippen LogP contribution in [0, 0.1) is 6.92 Å². The summed E-state index contributed by atoms with van der Waals surface area (Å²) in [6, 6.07) is 19.1. The van der Waals surface area contributed by atoms with Crippen LogP contribution in [-0.4, -0.2) is 43.5 Å². The van der Waals surface area contributed by atoms with Gasteiger partial charge in [0.05, 0.1) is 35.3 Å². The molecular formula is C30H28F3N3O7S2. The van der Waals surface area contributed by atoms with Gasteiger partial charge in [-0.25, -0.2) is 16.8 Å². The first kappa shape index (κ1) is 33.1. The van der Waals surface area contributed by atoms with E-state index in [0.717, 1.165) is 34.1 Å². The molecule has 0 saturated heterocycles. The smallest absolute Gasteiger partial charge is 0.416 e. The second kappa shape index (κ2) is 13.1. The van der Waals surface area contributed by atoms with Crippen molar-refractivity contribution in [1.82, 2.24) is 0 Å². The van der Waals surface area contributed by atoms with Crippen molar-refractivity contribution in [3.05, 3.63) is 102 Å². The molecule has 4 aromatic rings. The second-order valence-electron chi connectivity index (χ2n) is 9.62. The zero-order valence-corrected chi connectivity index (χ0v) is 25.8. The summed E-state index contributed by atoms with van der Waals surface area (Å²) >= 11 is 0. The number of sulfonamides is 2. The number of carbonyl (C=O) groups is 1. The third kappa shape index (κ3) is 7.85. The predicted octanol–water partition coefficient (Wildman–Crippen LogP) is 5.67. The van der Waals surface area contributed by atoms with Crippen molar-refractivity contribution in [2.24, 2.45) is 0 Å². The van der Waals surface area contributed by atoms with E-state index in [-0.39, 0.29) is 32.6 Å². The van der Waals surface area contributed by atoms with E-state index in [0.29, 0.717) is 11.8 Å². The number of amides is 1. The molecule has 0 heterocycles. The number of benzene rings is 4. The summed E-state index contributed by atoms with van der Waals surface area (Å²) in [4.78, 5) is 12.7. The van der Waals surface area contributed by atoms with Crippen molar-refractivity contribution in [2.45, 2.75) is 22.9 Å². The Hall–Kier alpha value is -4.76. The number of alkyl halides is 3. The topological polar surface area (TPSA) is 131 Å². The van der Waals surface area contributed by atoms with Crippen molar-refractivity contribution in [3.8, 4) is 11.5 Å². The van der Waals surface area contributed by atoms with Gasteiger partial charge in [-0.3, -0.25) is 13.8 Å². The van der Waals surface area contributed by atoms with E-state index in [1.807, 2.05) is 6.92 Å². The molecule has 10 nitrogen and oxygen atoms in total. The zero-order valence-electron chi connectivity index (χ0n) is 24.1. The van der Waals surface area contributed by atoms with Crippen LogP contribution in [0.4, 0.5) is 30.2 Å². The number of rotatable bonds is 11. The number of hydrogen-bond acceptors (Lipinski definition) is 7. The van der Waals surface area contributed by atoms with Gasteiger partial charge in [-0.15, -0.1) is 0 Å². The van der Waals surface area contributed by atoms with E-state index in [1.54, 1.807) is 24.3 Å². The first-order valence-electron chi connectivity index (χ1n) is 13.1. The van der Waals surface area contributed by atoms with Gasteiger partial charge >= 0.3 is 6.18 Å². The molecule has 4 aromatic carbocycles. The van der Waals surface area contributed by atoms with Crippen molar-refractivity contribution in [2.75, 3.05) is 35.1 Å². The molecular weight excluding hydrogens is 635 g/mol. The fourth-order valence-electron chi connectivity index (χ4n) is 4.15. The van der Waals surface area contributed by atoms with Crippen LogP contribution in [-0.2, 0) is 31.0 Å². The Balaban J connectivity index is 1.54. The fraction of sp³-hybridized carbons (Fsp3) is 0.167. The molecule has 0 aliphatic rings. The fourth-order valence-corrected chi connectivity index (χ4v) is 6.64. The SMILES string of the molecule is COc1ccc(S(=O)(=O)N(CC(=O)Nc2ccc(S(=O)(=O)Nc3cccc(C(F)(F)F)c3)cc2)c2ccc(C)cc2)cc1OC. The number of nitrogens with one attached hydrogen (secondary N) is 2. The van der Waals surface area contributed by atoms with E-state index in [9.17, 15) is 34.8 Å². The van der Waals surface area contributed by atoms with Crippen LogP contribution < -0.4 is 23.8 Å². The van der Waals surface area contributed by atoms with Gasteiger partial charge in [0.15, 0.2) is 11.5 Å². The highest BCUT2D eigenvalue weighted by atomic mass is 32.2. The van der Waals surface area contributed by atoms with E-state index in [2.05, 4.69) is 10.0 Å². The van der Waals surface area contributed by atoms with Crippen LogP contribution in [0.2, 0.25) is 0 Å². The van der Waals surface area contributed by atoms with Crippen LogP contribution in [0.5, 0.6) is 11.5 Å². The highest BCUT2D eigenvalue weighted by molar-refractivity contribution is 7.93. The molecule has 45 heavy (non-hydrogen) atoms. The van der Waals surface area contributed by atoms with Gasteiger partial charge in [-0.05, 0) is 73.7 Å². The summed E-state index contributed by atoms with van der Waals surface area (Å²) in [5.41, 5.74) is -0.0787. The average molecular weight is 664 g/mol. The maximum absolute atomic E-state index is 13.8. The summed E-state index contributed by atoms with van der Waals surface area (Å²) in [7, 11) is -5.81. The van der Waals surface area contributed by atoms with Crippen molar-refractivity contribution in [3.63, 3.8) is 0 Å². The van der Waals surface area contributed by atoms with Crippen LogP contribution in [0.1, 0.15) is 11.1 Å². The lowest BCUT2D eigenvalue weighted by Crippen LogP contribution is -2.38. The Morgan fingerprint density at radius 1 is 0.778 bits per heavy atom. The molecule has 0 aromatic heterocycles. The molecule has 0 fully saturated rings. The molecule has 0 atom stereocenters. The largest absolute Gasteiger partial charge is 0.493 e. The molecule has 2 N–H and O–H groups in total. The minimum Gasteiger partial charge on any atom is -0.493 e. The third-order valence-electron chi connectivity index (χ3n) is 6.44. The standard InChI is InChI=1S/C30H28F3N3O7S2/c1-20-7-11-24(12-8-20)36(45(40,41)26-15-16-27(42-2)28(18-26)43-3)19-29(37)34-22-9-13-25(14-10-22)44(38,39)35-23-6-4-5-21(17-23)30(31,32)33/h4-18,35H,19H2,1-3H3,(H,34,37). The third-order valence-corrected chi connectivity index (χ3v) is 9.61. The van der Waals surface area contributed by atoms with E-state index < -0.39 is 44.2 Å². The van der Waals surface area contributed by atoms with Gasteiger partial charge in [-0.1, -0.05) is 23.8 Å². The lowest BCUT2D eigenvalue weighted by Gasteiger charge is -2.24. The van der Waals surface area contributed by atoms with Gasteiger partial charge in [0.2, 0.25) is 5.91 Å². The lowest BCUT2D eigenvalue weighted by atomic mass is 10.2. The Kier molecular flexibility index (Phi) is 9.63. The van der Waals surface area contributed by atoms with Gasteiger partial charge < -0.3 is 14.8 Å². The van der Waals surface area contributed by atoms with Gasteiger partial charge in [0, 0.05) is 17.4 Å². The van der Waals surface area contributed by atoms with Crippen LogP contribution in [0.15, 0.2) is 101 Å². The molecule has 0 aliphatic heterocycles. The molecule has 0 bridgehead atoms. The molecule has 238 valence electrons. The first-order valence-corrected chi connectivity index (χ1v) is 16.0. The van der Waals surface area contributed by atoms with Crippen molar-refractivity contribution >= 4 is 43.0 Å². The summed E-state index contributed by atoms with van der Waals surface area (Å²) in [6.45, 7) is 1.18. The first-order chi connectivity index (χ1) is 21.1. The number of methoxy groups -OCH3 is 2. The minimum atomic E-state index is -4.66. The van der Waals surface area contributed by atoms with Crippen LogP contribution in [0.25, 0.3) is 0 Å². The maximum atomic E-state index is 13.8. The Labute approximate surface area is 258 Å². The predicted molar refractivity (Wildman–Crippen MR) is 163 cm³/mol. The zero-order chi connectivity index (χ0) is 33.0. The molecule has 0 aliphatic carbocycles. The number of anilines is 3. The van der Waals surface area contributed by atoms with E-state index >= 15 is 0 Å². The maximum Gasteiger partial charge on any atom is 0.416 e.